The highest BCUT2D eigenvalue weighted by molar-refractivity contribution is 9.10. The zero-order chi connectivity index (χ0) is 20.0. The number of nitrogens with zero attached hydrogens (tertiary/aromatic N) is 1. The molecule has 0 aliphatic heterocycles. The summed E-state index contributed by atoms with van der Waals surface area (Å²) in [5.74, 6) is 0. The van der Waals surface area contributed by atoms with Gasteiger partial charge in [0.15, 0.2) is 0 Å². The molecule has 142 valence electrons. The maximum atomic E-state index is 3.62. The molecule has 0 bridgehead atoms. The van der Waals surface area contributed by atoms with Gasteiger partial charge >= 0.3 is 0 Å². The average molecular weight is 440 g/mol. The van der Waals surface area contributed by atoms with Crippen molar-refractivity contribution < 1.29 is 0 Å². The van der Waals surface area contributed by atoms with E-state index in [0.29, 0.717) is 0 Å². The third-order valence-electron chi connectivity index (χ3n) is 5.99. The normalized spacial score (nSPS) is 12.0. The molecule has 1 nitrogen and oxygen atoms in total. The smallest absolute Gasteiger partial charge is 0.0534 e. The lowest BCUT2D eigenvalue weighted by Gasteiger charge is -2.27. The molecular formula is C27H22BrN. The van der Waals surface area contributed by atoms with Crippen molar-refractivity contribution in [1.82, 2.24) is 4.57 Å². The van der Waals surface area contributed by atoms with Crippen LogP contribution in [0, 0.1) is 0 Å². The Hall–Kier alpha value is -2.84. The SMILES string of the molecule is CC(C)(c1cccc(Br)c1)c1cccc(-n2ccc3c4ccccc4ccc32)c1. The van der Waals surface area contributed by atoms with Crippen LogP contribution < -0.4 is 0 Å². The number of halogens is 1. The Labute approximate surface area is 179 Å². The average Bonchev–Trinajstić information content (AvgIpc) is 3.18. The van der Waals surface area contributed by atoms with Crippen LogP contribution in [0.1, 0.15) is 25.0 Å². The van der Waals surface area contributed by atoms with Gasteiger partial charge in [0.2, 0.25) is 0 Å². The van der Waals surface area contributed by atoms with Crippen molar-refractivity contribution >= 4 is 37.6 Å². The van der Waals surface area contributed by atoms with E-state index in [1.165, 1.54) is 38.5 Å². The molecular weight excluding hydrogens is 418 g/mol. The monoisotopic (exact) mass is 439 g/mol. The highest BCUT2D eigenvalue weighted by atomic mass is 79.9. The number of rotatable bonds is 3. The second-order valence-electron chi connectivity index (χ2n) is 8.09. The molecule has 0 N–H and O–H groups in total. The number of hydrogen-bond acceptors (Lipinski definition) is 0. The van der Waals surface area contributed by atoms with Crippen LogP contribution in [0.3, 0.4) is 0 Å². The lowest BCUT2D eigenvalue weighted by molar-refractivity contribution is 0.640. The van der Waals surface area contributed by atoms with Gasteiger partial charge in [-0.25, -0.2) is 0 Å². The minimum atomic E-state index is -0.0879. The van der Waals surface area contributed by atoms with Crippen LogP contribution in [0.5, 0.6) is 0 Å². The van der Waals surface area contributed by atoms with Gasteiger partial charge in [-0.3, -0.25) is 0 Å². The second kappa shape index (κ2) is 6.89. The molecule has 5 rings (SSSR count). The molecule has 0 spiro atoms. The van der Waals surface area contributed by atoms with Crippen LogP contribution in [0.2, 0.25) is 0 Å². The molecule has 1 heterocycles. The van der Waals surface area contributed by atoms with E-state index in [9.17, 15) is 0 Å². The summed E-state index contributed by atoms with van der Waals surface area (Å²) in [7, 11) is 0. The molecule has 29 heavy (non-hydrogen) atoms. The van der Waals surface area contributed by atoms with Crippen molar-refractivity contribution in [2.75, 3.05) is 0 Å². The summed E-state index contributed by atoms with van der Waals surface area (Å²) in [4.78, 5) is 0. The molecule has 0 saturated heterocycles. The Kier molecular flexibility index (Phi) is 4.33. The summed E-state index contributed by atoms with van der Waals surface area (Å²) >= 11 is 3.62. The van der Waals surface area contributed by atoms with Crippen molar-refractivity contribution in [2.24, 2.45) is 0 Å². The number of hydrogen-bond donors (Lipinski definition) is 0. The fourth-order valence-electron chi connectivity index (χ4n) is 4.21. The fourth-order valence-corrected chi connectivity index (χ4v) is 4.61. The minimum absolute atomic E-state index is 0.0879. The summed E-state index contributed by atoms with van der Waals surface area (Å²) in [6.07, 6.45) is 2.18. The fraction of sp³-hybridized carbons (Fsp3) is 0.111. The van der Waals surface area contributed by atoms with Crippen molar-refractivity contribution in [2.45, 2.75) is 19.3 Å². The summed E-state index contributed by atoms with van der Waals surface area (Å²) in [6.45, 7) is 4.57. The molecule has 0 fully saturated rings. The highest BCUT2D eigenvalue weighted by Gasteiger charge is 2.23. The first-order valence-corrected chi connectivity index (χ1v) is 10.7. The molecule has 0 saturated carbocycles. The minimum Gasteiger partial charge on any atom is -0.317 e. The Morgan fingerprint density at radius 1 is 0.690 bits per heavy atom. The molecule has 0 atom stereocenters. The van der Waals surface area contributed by atoms with Crippen molar-refractivity contribution in [3.63, 3.8) is 0 Å². The summed E-state index contributed by atoms with van der Waals surface area (Å²) < 4.78 is 3.41. The van der Waals surface area contributed by atoms with Crippen LogP contribution in [0.4, 0.5) is 0 Å². The Balaban J connectivity index is 1.64. The lowest BCUT2D eigenvalue weighted by atomic mass is 9.78. The zero-order valence-corrected chi connectivity index (χ0v) is 18.1. The van der Waals surface area contributed by atoms with Crippen LogP contribution in [-0.2, 0) is 5.41 Å². The van der Waals surface area contributed by atoms with E-state index in [2.05, 4.69) is 132 Å². The molecule has 0 unspecified atom stereocenters. The van der Waals surface area contributed by atoms with E-state index >= 15 is 0 Å². The van der Waals surface area contributed by atoms with Gasteiger partial charge < -0.3 is 4.57 Å². The van der Waals surface area contributed by atoms with Gasteiger partial charge in [0, 0.05) is 27.2 Å². The van der Waals surface area contributed by atoms with Crippen molar-refractivity contribution in [3.05, 3.63) is 113 Å². The van der Waals surface area contributed by atoms with Crippen LogP contribution in [-0.4, -0.2) is 4.57 Å². The predicted molar refractivity (Wildman–Crippen MR) is 127 cm³/mol. The van der Waals surface area contributed by atoms with E-state index in [4.69, 9.17) is 0 Å². The van der Waals surface area contributed by atoms with Gasteiger partial charge in [0.05, 0.1) is 5.52 Å². The second-order valence-corrected chi connectivity index (χ2v) is 9.01. The number of benzene rings is 4. The van der Waals surface area contributed by atoms with Crippen molar-refractivity contribution in [3.8, 4) is 5.69 Å². The van der Waals surface area contributed by atoms with E-state index in [-0.39, 0.29) is 5.41 Å². The van der Waals surface area contributed by atoms with Gasteiger partial charge in [-0.15, -0.1) is 0 Å². The molecule has 0 amide bonds. The van der Waals surface area contributed by atoms with Crippen molar-refractivity contribution in [1.29, 1.82) is 0 Å². The quantitative estimate of drug-likeness (QED) is 0.269. The summed E-state index contributed by atoms with van der Waals surface area (Å²) in [5.41, 5.74) is 4.94. The Morgan fingerprint density at radius 2 is 1.45 bits per heavy atom. The largest absolute Gasteiger partial charge is 0.317 e. The van der Waals surface area contributed by atoms with E-state index in [1.807, 2.05) is 0 Å². The van der Waals surface area contributed by atoms with E-state index < -0.39 is 0 Å². The molecule has 2 heteroatoms. The van der Waals surface area contributed by atoms with Gasteiger partial charge in [0.1, 0.15) is 0 Å². The molecule has 1 aromatic heterocycles. The molecule has 4 aromatic carbocycles. The molecule has 5 aromatic rings. The third-order valence-corrected chi connectivity index (χ3v) is 6.48. The topological polar surface area (TPSA) is 4.93 Å². The van der Waals surface area contributed by atoms with Gasteiger partial charge in [0.25, 0.3) is 0 Å². The van der Waals surface area contributed by atoms with Gasteiger partial charge in [-0.2, -0.15) is 0 Å². The number of fused-ring (bicyclic) bond motifs is 3. The first-order chi connectivity index (χ1) is 14.0. The maximum Gasteiger partial charge on any atom is 0.0534 e. The first kappa shape index (κ1) is 18.2. The first-order valence-electron chi connectivity index (χ1n) is 9.90. The standard InChI is InChI=1S/C27H22BrN/c1-27(2,20-8-5-10-22(28)17-20)21-9-6-11-23(18-21)29-16-15-25-24-12-4-3-7-19(24)13-14-26(25)29/h3-18H,1-2H3. The van der Waals surface area contributed by atoms with Gasteiger partial charge in [-0.05, 0) is 58.3 Å². The van der Waals surface area contributed by atoms with Crippen LogP contribution in [0.25, 0.3) is 27.4 Å². The van der Waals surface area contributed by atoms with Crippen LogP contribution in [0.15, 0.2) is 102 Å². The van der Waals surface area contributed by atoms with Crippen LogP contribution >= 0.6 is 15.9 Å². The summed E-state index contributed by atoms with van der Waals surface area (Å²) in [6, 6.07) is 32.7. The molecule has 0 radical (unpaired) electrons. The zero-order valence-electron chi connectivity index (χ0n) is 16.6. The lowest BCUT2D eigenvalue weighted by Crippen LogP contribution is -2.19. The molecule has 0 aliphatic carbocycles. The van der Waals surface area contributed by atoms with E-state index in [0.717, 1.165) is 4.47 Å². The predicted octanol–water partition coefficient (Wildman–Crippen LogP) is 7.87. The van der Waals surface area contributed by atoms with E-state index in [1.54, 1.807) is 0 Å². The highest BCUT2D eigenvalue weighted by Crippen LogP contribution is 2.35. The third kappa shape index (κ3) is 3.08. The maximum absolute atomic E-state index is 3.62. The van der Waals surface area contributed by atoms with Gasteiger partial charge in [-0.1, -0.05) is 84.4 Å². The Morgan fingerprint density at radius 3 is 2.28 bits per heavy atom. The summed E-state index contributed by atoms with van der Waals surface area (Å²) in [5, 5.41) is 3.87. The number of aromatic nitrogens is 1. The molecule has 0 aliphatic rings. The Bertz CT molecular complexity index is 1340.